The molecule has 103 heavy (non-hydrogen) atoms. The zero-order chi connectivity index (χ0) is 70.8. The molecular formula is C86H49F12N5. The minimum Gasteiger partial charge on any atom is -0.309 e. The molecular weight excluding hydrogens is 1330 g/mol. The summed E-state index contributed by atoms with van der Waals surface area (Å²) in [6.07, 6.45) is -20.9. The summed E-state index contributed by atoms with van der Waals surface area (Å²) in [4.78, 5) is 10.7. The average Bonchev–Trinajstić information content (AvgIpc) is 1.60. The highest BCUT2D eigenvalue weighted by Gasteiger charge is 2.39. The fraction of sp³-hybridized carbons (Fsp3) is 0.0465. The van der Waals surface area contributed by atoms with Gasteiger partial charge in [0.05, 0.1) is 72.4 Å². The number of hydrogen-bond donors (Lipinski definition) is 0. The maximum Gasteiger partial charge on any atom is 0.416 e. The topological polar surface area (TPSA) is 40.6 Å². The Kier molecular flexibility index (Phi) is 15.0. The number of aromatic nitrogens is 5. The standard InChI is InChI=1S/C86H49F12N5/c87-83(88,89)59-39-56(40-60(47-59)84(90,91)92)54-31-37-79-71(43-54)72-44-55(57-41-61(85(93,94)95)48-62(42-57)86(96,97)98)32-38-80(72)103(79)81-69(50-27-33-63(34-28-50)101-75-23-11-7-19-65(75)66-20-8-12-24-76(66)101)45-58(82-99-73(52-15-3-1-4-16-52)49-74(100-82)53-17-5-2-6-18-53)46-70(81)51-29-35-64(36-30-51)102-77-25-13-9-21-67(77)68-22-10-14-26-78(68)102/h1-49H. The van der Waals surface area contributed by atoms with E-state index in [4.69, 9.17) is 9.97 Å². The third-order valence-electron chi connectivity index (χ3n) is 19.1. The summed E-state index contributed by atoms with van der Waals surface area (Å²) in [5, 5.41) is 4.44. The molecule has 17 aromatic rings. The smallest absolute Gasteiger partial charge is 0.309 e. The van der Waals surface area contributed by atoms with E-state index in [9.17, 15) is 52.7 Å². The van der Waals surface area contributed by atoms with E-state index in [2.05, 4.69) is 33.4 Å². The van der Waals surface area contributed by atoms with Crippen molar-refractivity contribution in [2.45, 2.75) is 24.7 Å². The quantitative estimate of drug-likeness (QED) is 0.128. The summed E-state index contributed by atoms with van der Waals surface area (Å²) >= 11 is 0. The highest BCUT2D eigenvalue weighted by molar-refractivity contribution is 6.14. The first kappa shape index (κ1) is 63.9. The predicted octanol–water partition coefficient (Wildman–Crippen LogP) is 25.5. The highest BCUT2D eigenvalue weighted by atomic mass is 19.4. The Morgan fingerprint density at radius 1 is 0.214 bits per heavy atom. The Hall–Kier alpha value is -12.5. The van der Waals surface area contributed by atoms with Gasteiger partial charge in [-0.15, -0.1) is 0 Å². The molecule has 0 radical (unpaired) electrons. The van der Waals surface area contributed by atoms with Crippen LogP contribution < -0.4 is 0 Å². The lowest BCUT2D eigenvalue weighted by molar-refractivity contribution is -0.144. The molecule has 0 saturated carbocycles. The van der Waals surface area contributed by atoms with Crippen LogP contribution in [0.15, 0.2) is 297 Å². The van der Waals surface area contributed by atoms with E-state index in [0.29, 0.717) is 86.0 Å². The zero-order valence-corrected chi connectivity index (χ0v) is 53.6. The first-order valence-corrected chi connectivity index (χ1v) is 32.6. The van der Waals surface area contributed by atoms with Crippen molar-refractivity contribution in [3.63, 3.8) is 0 Å². The molecule has 502 valence electrons. The maximum absolute atomic E-state index is 14.7. The molecule has 0 bridgehead atoms. The van der Waals surface area contributed by atoms with Gasteiger partial charge in [-0.3, -0.25) is 0 Å². The van der Waals surface area contributed by atoms with Gasteiger partial charge in [0.2, 0.25) is 0 Å². The van der Waals surface area contributed by atoms with Crippen LogP contribution >= 0.6 is 0 Å². The molecule has 5 nitrogen and oxygen atoms in total. The fourth-order valence-electron chi connectivity index (χ4n) is 14.4. The Morgan fingerprint density at radius 3 is 0.845 bits per heavy atom. The zero-order valence-electron chi connectivity index (χ0n) is 53.6. The van der Waals surface area contributed by atoms with Gasteiger partial charge in [0.1, 0.15) is 0 Å². The Bertz CT molecular complexity index is 5680. The third-order valence-corrected chi connectivity index (χ3v) is 19.1. The molecule has 4 heterocycles. The normalized spacial score (nSPS) is 12.5. The number of fused-ring (bicyclic) bond motifs is 9. The number of nitrogens with zero attached hydrogens (tertiary/aromatic N) is 5. The second-order valence-corrected chi connectivity index (χ2v) is 25.3. The van der Waals surface area contributed by atoms with Crippen molar-refractivity contribution in [1.29, 1.82) is 0 Å². The van der Waals surface area contributed by atoms with Gasteiger partial charge in [0.15, 0.2) is 5.82 Å². The number of alkyl halides is 12. The number of halogens is 12. The number of benzene rings is 13. The van der Waals surface area contributed by atoms with Gasteiger partial charge in [-0.05, 0) is 161 Å². The maximum atomic E-state index is 14.7. The van der Waals surface area contributed by atoms with Gasteiger partial charge in [-0.1, -0.05) is 170 Å². The second kappa shape index (κ2) is 24.1. The lowest BCUT2D eigenvalue weighted by atomic mass is 9.92. The molecule has 0 N–H and O–H groups in total. The SMILES string of the molecule is FC(F)(F)c1cc(-c2ccc3c(c2)c2cc(-c4cc(C(F)(F)F)cc(C(F)(F)F)c4)ccc2n3-c2c(-c3ccc(-n4c5ccccc5c5ccccc54)cc3)cc(-c3nc(-c4ccccc4)cc(-c4ccccc4)n3)cc2-c2ccc(-n3c4ccccc4c4ccccc43)cc2)cc(C(F)(F)F)c1. The molecule has 4 aromatic heterocycles. The molecule has 17 rings (SSSR count). The summed E-state index contributed by atoms with van der Waals surface area (Å²) in [5.41, 5.74) is 4.58. The Balaban J connectivity index is 0.992. The largest absolute Gasteiger partial charge is 0.416 e. The van der Waals surface area contributed by atoms with Gasteiger partial charge < -0.3 is 13.7 Å². The number of para-hydroxylation sites is 4. The molecule has 0 aliphatic rings. The fourth-order valence-corrected chi connectivity index (χ4v) is 14.4. The van der Waals surface area contributed by atoms with Crippen molar-refractivity contribution in [2.75, 3.05) is 0 Å². The molecule has 0 spiro atoms. The van der Waals surface area contributed by atoms with Crippen LogP contribution in [0.1, 0.15) is 22.3 Å². The molecule has 0 amide bonds. The molecule has 0 aliphatic carbocycles. The second-order valence-electron chi connectivity index (χ2n) is 25.3. The lowest BCUT2D eigenvalue weighted by Crippen LogP contribution is -2.11. The monoisotopic (exact) mass is 1380 g/mol. The molecule has 0 saturated heterocycles. The van der Waals surface area contributed by atoms with Crippen molar-refractivity contribution in [1.82, 2.24) is 23.7 Å². The van der Waals surface area contributed by atoms with Gasteiger partial charge in [-0.25, -0.2) is 9.97 Å². The van der Waals surface area contributed by atoms with Crippen molar-refractivity contribution >= 4 is 65.4 Å². The van der Waals surface area contributed by atoms with E-state index >= 15 is 0 Å². The van der Waals surface area contributed by atoms with Gasteiger partial charge in [0, 0.05) is 71.5 Å². The van der Waals surface area contributed by atoms with Crippen molar-refractivity contribution in [3.05, 3.63) is 320 Å². The van der Waals surface area contributed by atoms with E-state index in [1.54, 1.807) is 12.1 Å². The Morgan fingerprint density at radius 2 is 0.515 bits per heavy atom. The van der Waals surface area contributed by atoms with Crippen LogP contribution in [-0.2, 0) is 24.7 Å². The van der Waals surface area contributed by atoms with Crippen molar-refractivity contribution in [2.24, 2.45) is 0 Å². The van der Waals surface area contributed by atoms with Crippen molar-refractivity contribution in [3.8, 4) is 95.5 Å². The van der Waals surface area contributed by atoms with E-state index < -0.39 is 58.1 Å². The minimum atomic E-state index is -5.23. The summed E-state index contributed by atoms with van der Waals surface area (Å²) in [6, 6.07) is 84.2. The molecule has 0 unspecified atom stereocenters. The Labute approximate surface area is 578 Å². The first-order valence-electron chi connectivity index (χ1n) is 32.6. The van der Waals surface area contributed by atoms with Gasteiger partial charge >= 0.3 is 24.7 Å². The van der Waals surface area contributed by atoms with Crippen LogP contribution in [0.3, 0.4) is 0 Å². The predicted molar refractivity (Wildman–Crippen MR) is 383 cm³/mol. The molecule has 17 heteroatoms. The van der Waals surface area contributed by atoms with Crippen LogP contribution in [0.25, 0.3) is 161 Å². The summed E-state index contributed by atoms with van der Waals surface area (Å²) < 4.78 is 183. The van der Waals surface area contributed by atoms with Crippen LogP contribution in [0, 0.1) is 0 Å². The first-order chi connectivity index (χ1) is 49.6. The van der Waals surface area contributed by atoms with Gasteiger partial charge in [-0.2, -0.15) is 52.7 Å². The van der Waals surface area contributed by atoms with Crippen LogP contribution in [0.4, 0.5) is 52.7 Å². The highest BCUT2D eigenvalue weighted by Crippen LogP contribution is 2.49. The van der Waals surface area contributed by atoms with Crippen LogP contribution in [0.2, 0.25) is 0 Å². The summed E-state index contributed by atoms with van der Waals surface area (Å²) in [5.74, 6) is 0.313. The van der Waals surface area contributed by atoms with E-state index in [1.165, 1.54) is 24.3 Å². The van der Waals surface area contributed by atoms with Gasteiger partial charge in [0.25, 0.3) is 0 Å². The van der Waals surface area contributed by atoms with E-state index in [1.807, 2.05) is 205 Å². The van der Waals surface area contributed by atoms with Crippen LogP contribution in [0.5, 0.6) is 0 Å². The molecule has 0 aliphatic heterocycles. The molecule has 0 atom stereocenters. The third kappa shape index (κ3) is 11.4. The number of hydrogen-bond acceptors (Lipinski definition) is 2. The van der Waals surface area contributed by atoms with Crippen molar-refractivity contribution < 1.29 is 52.7 Å². The summed E-state index contributed by atoms with van der Waals surface area (Å²) in [6.45, 7) is 0. The van der Waals surface area contributed by atoms with E-state index in [0.717, 1.165) is 66.1 Å². The molecule has 0 fully saturated rings. The van der Waals surface area contributed by atoms with Crippen LogP contribution in [-0.4, -0.2) is 23.7 Å². The minimum absolute atomic E-state index is 0.0214. The lowest BCUT2D eigenvalue weighted by Gasteiger charge is -2.22. The molecule has 13 aromatic carbocycles. The summed E-state index contributed by atoms with van der Waals surface area (Å²) in [7, 11) is 0. The number of rotatable bonds is 10. The van der Waals surface area contributed by atoms with E-state index in [-0.39, 0.29) is 34.0 Å². The average molecular weight is 1380 g/mol.